The molecular weight excluding hydrogens is 342 g/mol. The van der Waals surface area contributed by atoms with Crippen molar-refractivity contribution in [2.45, 2.75) is 70.5 Å². The molecule has 0 spiro atoms. The Morgan fingerprint density at radius 1 is 0.962 bits per heavy atom. The van der Waals surface area contributed by atoms with Crippen LogP contribution in [0.1, 0.15) is 64.4 Å². The van der Waals surface area contributed by atoms with Crippen molar-refractivity contribution in [3.05, 3.63) is 29.8 Å². The third kappa shape index (κ3) is 5.25. The van der Waals surface area contributed by atoms with E-state index in [4.69, 9.17) is 0 Å². The molecule has 146 valence electrons. The van der Waals surface area contributed by atoms with Crippen molar-refractivity contribution in [2.75, 3.05) is 23.7 Å². The minimum Gasteiger partial charge on any atom is -0.372 e. The third-order valence-electron chi connectivity index (χ3n) is 6.40. The van der Waals surface area contributed by atoms with Gasteiger partial charge in [-0.05, 0) is 81.9 Å². The van der Waals surface area contributed by atoms with Gasteiger partial charge in [0.2, 0.25) is 0 Å². The van der Waals surface area contributed by atoms with Crippen molar-refractivity contribution in [2.24, 2.45) is 11.8 Å². The molecule has 0 amide bonds. The molecule has 0 N–H and O–H groups in total. The molecule has 0 unspecified atom stereocenters. The summed E-state index contributed by atoms with van der Waals surface area (Å²) in [6, 6.07) is 9.17. The standard InChI is InChI=1S/C22H35NO2S/c1-18(2)26(24,25)17-21-9-7-19(8-10-21)5-6-20-11-13-22(14-12-20)23-15-3-4-16-23/h11-14,18-19,21H,3-10,15-17H2,1-2H3. The van der Waals surface area contributed by atoms with Crippen molar-refractivity contribution in [3.63, 3.8) is 0 Å². The first-order chi connectivity index (χ1) is 12.4. The summed E-state index contributed by atoms with van der Waals surface area (Å²) < 4.78 is 24.2. The third-order valence-corrected chi connectivity index (χ3v) is 8.77. The number of nitrogens with zero attached hydrogens (tertiary/aromatic N) is 1. The topological polar surface area (TPSA) is 37.4 Å². The predicted molar refractivity (Wildman–Crippen MR) is 111 cm³/mol. The van der Waals surface area contributed by atoms with E-state index < -0.39 is 9.84 Å². The normalized spacial score (nSPS) is 24.3. The van der Waals surface area contributed by atoms with Crippen LogP contribution >= 0.6 is 0 Å². The van der Waals surface area contributed by atoms with E-state index >= 15 is 0 Å². The zero-order chi connectivity index (χ0) is 18.6. The number of sulfone groups is 1. The molecule has 3 nitrogen and oxygen atoms in total. The molecule has 0 radical (unpaired) electrons. The summed E-state index contributed by atoms with van der Waals surface area (Å²) in [6.07, 6.45) is 9.61. The Kier molecular flexibility index (Phi) is 6.65. The van der Waals surface area contributed by atoms with Crippen LogP contribution in [0.5, 0.6) is 0 Å². The average molecular weight is 378 g/mol. The molecule has 1 aromatic carbocycles. The number of benzene rings is 1. The van der Waals surface area contributed by atoms with Crippen LogP contribution < -0.4 is 4.90 Å². The lowest BCUT2D eigenvalue weighted by Gasteiger charge is -2.29. The summed E-state index contributed by atoms with van der Waals surface area (Å²) in [5.74, 6) is 1.56. The van der Waals surface area contributed by atoms with Crippen LogP contribution in [0.4, 0.5) is 5.69 Å². The number of anilines is 1. The smallest absolute Gasteiger partial charge is 0.152 e. The lowest BCUT2D eigenvalue weighted by molar-refractivity contribution is 0.278. The highest BCUT2D eigenvalue weighted by molar-refractivity contribution is 7.91. The van der Waals surface area contributed by atoms with Crippen molar-refractivity contribution in [3.8, 4) is 0 Å². The molecule has 1 aliphatic carbocycles. The maximum absolute atomic E-state index is 12.1. The van der Waals surface area contributed by atoms with Gasteiger partial charge < -0.3 is 4.90 Å². The van der Waals surface area contributed by atoms with Crippen molar-refractivity contribution in [1.29, 1.82) is 0 Å². The van der Waals surface area contributed by atoms with Gasteiger partial charge in [0.1, 0.15) is 0 Å². The maximum atomic E-state index is 12.1. The van der Waals surface area contributed by atoms with E-state index in [9.17, 15) is 8.42 Å². The van der Waals surface area contributed by atoms with E-state index in [1.165, 1.54) is 56.4 Å². The van der Waals surface area contributed by atoms with Gasteiger partial charge in [0.05, 0.1) is 11.0 Å². The molecule has 0 bridgehead atoms. The zero-order valence-electron chi connectivity index (χ0n) is 16.5. The average Bonchev–Trinajstić information content (AvgIpc) is 3.16. The lowest BCUT2D eigenvalue weighted by atomic mass is 9.80. The van der Waals surface area contributed by atoms with Gasteiger partial charge in [0.25, 0.3) is 0 Å². The number of hydrogen-bond donors (Lipinski definition) is 0. The Hall–Kier alpha value is -1.03. The lowest BCUT2D eigenvalue weighted by Crippen LogP contribution is -2.26. The Labute approximate surface area is 160 Å². The fraction of sp³-hybridized carbons (Fsp3) is 0.727. The minimum atomic E-state index is -2.89. The van der Waals surface area contributed by atoms with Gasteiger partial charge in [0.15, 0.2) is 9.84 Å². The van der Waals surface area contributed by atoms with Gasteiger partial charge in [-0.15, -0.1) is 0 Å². The van der Waals surface area contributed by atoms with Crippen LogP contribution in [0.15, 0.2) is 24.3 Å². The van der Waals surface area contributed by atoms with Crippen LogP contribution in [0, 0.1) is 11.8 Å². The van der Waals surface area contributed by atoms with Gasteiger partial charge in [-0.2, -0.15) is 0 Å². The molecule has 0 atom stereocenters. The molecule has 2 fully saturated rings. The molecular formula is C22H35NO2S. The second kappa shape index (κ2) is 8.77. The Morgan fingerprint density at radius 3 is 2.12 bits per heavy atom. The largest absolute Gasteiger partial charge is 0.372 e. The van der Waals surface area contributed by atoms with E-state index in [2.05, 4.69) is 29.2 Å². The van der Waals surface area contributed by atoms with Crippen molar-refractivity contribution >= 4 is 15.5 Å². The number of rotatable bonds is 7. The van der Waals surface area contributed by atoms with Crippen molar-refractivity contribution in [1.82, 2.24) is 0 Å². The fourth-order valence-corrected chi connectivity index (χ4v) is 5.80. The van der Waals surface area contributed by atoms with Crippen LogP contribution in [0.2, 0.25) is 0 Å². The SMILES string of the molecule is CC(C)S(=O)(=O)CC1CCC(CCc2ccc(N3CCCC3)cc2)CC1. The molecule has 0 aromatic heterocycles. The van der Waals surface area contributed by atoms with Crippen LogP contribution in [-0.4, -0.2) is 32.5 Å². The molecule has 2 aliphatic rings. The van der Waals surface area contributed by atoms with E-state index in [-0.39, 0.29) is 5.25 Å². The Bertz CT molecular complexity index is 652. The Morgan fingerprint density at radius 2 is 1.54 bits per heavy atom. The van der Waals surface area contributed by atoms with Gasteiger partial charge >= 0.3 is 0 Å². The summed E-state index contributed by atoms with van der Waals surface area (Å²) in [5.41, 5.74) is 2.82. The van der Waals surface area contributed by atoms with Crippen molar-refractivity contribution < 1.29 is 8.42 Å². The molecule has 1 saturated heterocycles. The van der Waals surface area contributed by atoms with Crippen LogP contribution in [0.25, 0.3) is 0 Å². The number of aryl methyl sites for hydroxylation is 1. The van der Waals surface area contributed by atoms with E-state index in [0.29, 0.717) is 11.7 Å². The summed E-state index contributed by atoms with van der Waals surface area (Å²) >= 11 is 0. The van der Waals surface area contributed by atoms with Crippen LogP contribution in [-0.2, 0) is 16.3 Å². The van der Waals surface area contributed by atoms with E-state index in [0.717, 1.165) is 25.2 Å². The number of hydrogen-bond acceptors (Lipinski definition) is 3. The second-order valence-corrected chi connectivity index (χ2v) is 11.3. The highest BCUT2D eigenvalue weighted by atomic mass is 32.2. The first-order valence-electron chi connectivity index (χ1n) is 10.5. The molecule has 26 heavy (non-hydrogen) atoms. The zero-order valence-corrected chi connectivity index (χ0v) is 17.3. The Balaban J connectivity index is 1.41. The van der Waals surface area contributed by atoms with Gasteiger partial charge in [-0.25, -0.2) is 8.42 Å². The molecule has 1 heterocycles. The molecule has 1 aromatic rings. The van der Waals surface area contributed by atoms with E-state index in [1.54, 1.807) is 13.8 Å². The summed E-state index contributed by atoms with van der Waals surface area (Å²) in [4.78, 5) is 2.48. The van der Waals surface area contributed by atoms with Gasteiger partial charge in [0, 0.05) is 18.8 Å². The van der Waals surface area contributed by atoms with E-state index in [1.807, 2.05) is 0 Å². The van der Waals surface area contributed by atoms with Gasteiger partial charge in [-0.1, -0.05) is 25.0 Å². The highest BCUT2D eigenvalue weighted by Crippen LogP contribution is 2.33. The summed E-state index contributed by atoms with van der Waals surface area (Å²) in [5, 5.41) is -0.233. The first kappa shape index (κ1) is 19.7. The van der Waals surface area contributed by atoms with Gasteiger partial charge in [-0.3, -0.25) is 0 Å². The predicted octanol–water partition coefficient (Wildman–Crippen LogP) is 4.85. The monoisotopic (exact) mass is 377 g/mol. The highest BCUT2D eigenvalue weighted by Gasteiger charge is 2.27. The molecule has 3 rings (SSSR count). The molecule has 4 heteroatoms. The summed E-state index contributed by atoms with van der Waals surface area (Å²) in [6.45, 7) is 6.01. The molecule has 1 saturated carbocycles. The summed E-state index contributed by atoms with van der Waals surface area (Å²) in [7, 11) is -2.89. The second-order valence-electron chi connectivity index (χ2n) is 8.66. The first-order valence-corrected chi connectivity index (χ1v) is 12.2. The quantitative estimate of drug-likeness (QED) is 0.682. The minimum absolute atomic E-state index is 0.233. The fourth-order valence-electron chi connectivity index (χ4n) is 4.43. The molecule has 1 aliphatic heterocycles. The van der Waals surface area contributed by atoms with Crippen LogP contribution in [0.3, 0.4) is 0 Å². The maximum Gasteiger partial charge on any atom is 0.152 e.